The van der Waals surface area contributed by atoms with Gasteiger partial charge in [-0.2, -0.15) is 11.8 Å². The highest BCUT2D eigenvalue weighted by molar-refractivity contribution is 7.99. The maximum absolute atomic E-state index is 9.81. The van der Waals surface area contributed by atoms with E-state index in [0.29, 0.717) is 0 Å². The standard InChI is InChI=1S/C7H15NOS/c1-2-7(9)3-4-10-5-6(7)8/h6,9H,2-5,8H2,1H3. The van der Waals surface area contributed by atoms with Crippen LogP contribution in [0, 0.1) is 0 Å². The van der Waals surface area contributed by atoms with Gasteiger partial charge < -0.3 is 10.8 Å². The lowest BCUT2D eigenvalue weighted by Crippen LogP contribution is -2.51. The van der Waals surface area contributed by atoms with Gasteiger partial charge in [-0.05, 0) is 18.6 Å². The van der Waals surface area contributed by atoms with Crippen molar-refractivity contribution in [3.63, 3.8) is 0 Å². The Morgan fingerprint density at radius 1 is 1.80 bits per heavy atom. The van der Waals surface area contributed by atoms with Crippen LogP contribution < -0.4 is 5.73 Å². The minimum Gasteiger partial charge on any atom is -0.388 e. The first-order valence-electron chi connectivity index (χ1n) is 3.75. The number of aliphatic hydroxyl groups is 1. The molecule has 3 N–H and O–H groups in total. The van der Waals surface area contributed by atoms with Crippen molar-refractivity contribution >= 4 is 11.8 Å². The summed E-state index contributed by atoms with van der Waals surface area (Å²) in [6, 6.07) is -0.0174. The Bertz CT molecular complexity index is 120. The van der Waals surface area contributed by atoms with Gasteiger partial charge in [-0.15, -0.1) is 0 Å². The summed E-state index contributed by atoms with van der Waals surface area (Å²) in [7, 11) is 0. The van der Waals surface area contributed by atoms with Gasteiger partial charge in [0.25, 0.3) is 0 Å². The molecule has 1 fully saturated rings. The van der Waals surface area contributed by atoms with Crippen LogP contribution in [0.3, 0.4) is 0 Å². The van der Waals surface area contributed by atoms with Gasteiger partial charge in [-0.3, -0.25) is 0 Å². The van der Waals surface area contributed by atoms with Gasteiger partial charge in [0.05, 0.1) is 5.60 Å². The van der Waals surface area contributed by atoms with Crippen molar-refractivity contribution in [2.24, 2.45) is 5.73 Å². The number of hydrogen-bond acceptors (Lipinski definition) is 3. The number of nitrogens with two attached hydrogens (primary N) is 1. The molecule has 0 bridgehead atoms. The zero-order chi connectivity index (χ0) is 7.61. The number of thioether (sulfide) groups is 1. The van der Waals surface area contributed by atoms with Crippen LogP contribution in [-0.2, 0) is 0 Å². The molecule has 60 valence electrons. The summed E-state index contributed by atoms with van der Waals surface area (Å²) in [6.07, 6.45) is 1.64. The molecule has 0 radical (unpaired) electrons. The maximum atomic E-state index is 9.81. The zero-order valence-electron chi connectivity index (χ0n) is 6.34. The Balaban J connectivity index is 2.54. The van der Waals surface area contributed by atoms with E-state index in [1.807, 2.05) is 18.7 Å². The van der Waals surface area contributed by atoms with Crippen LogP contribution >= 0.6 is 11.8 Å². The van der Waals surface area contributed by atoms with Gasteiger partial charge in [0.15, 0.2) is 0 Å². The first-order chi connectivity index (χ1) is 4.69. The van der Waals surface area contributed by atoms with Crippen molar-refractivity contribution in [1.29, 1.82) is 0 Å². The van der Waals surface area contributed by atoms with E-state index in [0.717, 1.165) is 24.3 Å². The van der Waals surface area contributed by atoms with Crippen molar-refractivity contribution in [3.05, 3.63) is 0 Å². The van der Waals surface area contributed by atoms with Crippen molar-refractivity contribution in [3.8, 4) is 0 Å². The van der Waals surface area contributed by atoms with E-state index >= 15 is 0 Å². The van der Waals surface area contributed by atoms with Crippen LogP contribution in [0.25, 0.3) is 0 Å². The molecule has 0 aliphatic carbocycles. The Kier molecular flexibility index (Phi) is 2.61. The molecule has 0 aromatic carbocycles. The Labute approximate surface area is 66.2 Å². The first-order valence-corrected chi connectivity index (χ1v) is 4.90. The van der Waals surface area contributed by atoms with Gasteiger partial charge in [0.2, 0.25) is 0 Å². The Morgan fingerprint density at radius 3 is 2.90 bits per heavy atom. The molecule has 2 atom stereocenters. The molecule has 1 aliphatic heterocycles. The molecule has 10 heavy (non-hydrogen) atoms. The summed E-state index contributed by atoms with van der Waals surface area (Å²) < 4.78 is 0. The molecule has 1 aliphatic rings. The van der Waals surface area contributed by atoms with Crippen LogP contribution in [-0.4, -0.2) is 28.3 Å². The molecule has 0 aromatic rings. The predicted molar refractivity (Wildman–Crippen MR) is 45.2 cm³/mol. The highest BCUT2D eigenvalue weighted by atomic mass is 32.2. The minimum absolute atomic E-state index is 0.0174. The Morgan fingerprint density at radius 2 is 2.50 bits per heavy atom. The molecule has 1 rings (SSSR count). The zero-order valence-corrected chi connectivity index (χ0v) is 7.16. The van der Waals surface area contributed by atoms with Crippen LogP contribution in [0.15, 0.2) is 0 Å². The molecule has 1 heterocycles. The van der Waals surface area contributed by atoms with Crippen molar-refractivity contribution < 1.29 is 5.11 Å². The van der Waals surface area contributed by atoms with Crippen LogP contribution in [0.1, 0.15) is 19.8 Å². The molecule has 0 aromatic heterocycles. The third-order valence-corrected chi connectivity index (χ3v) is 3.37. The van der Waals surface area contributed by atoms with E-state index in [1.165, 1.54) is 0 Å². The monoisotopic (exact) mass is 161 g/mol. The van der Waals surface area contributed by atoms with E-state index in [9.17, 15) is 5.11 Å². The molecule has 1 saturated heterocycles. The fourth-order valence-corrected chi connectivity index (χ4v) is 2.47. The summed E-state index contributed by atoms with van der Waals surface area (Å²) in [5.74, 6) is 1.96. The molecule has 0 spiro atoms. The SMILES string of the molecule is CCC1(O)CCSCC1N. The quantitative estimate of drug-likeness (QED) is 0.592. The third-order valence-electron chi connectivity index (χ3n) is 2.28. The lowest BCUT2D eigenvalue weighted by Gasteiger charge is -2.36. The molecule has 0 saturated carbocycles. The van der Waals surface area contributed by atoms with E-state index < -0.39 is 5.60 Å². The summed E-state index contributed by atoms with van der Waals surface area (Å²) in [5.41, 5.74) is 5.19. The van der Waals surface area contributed by atoms with Crippen LogP contribution in [0.4, 0.5) is 0 Å². The topological polar surface area (TPSA) is 46.2 Å². The summed E-state index contributed by atoms with van der Waals surface area (Å²) in [6.45, 7) is 2.00. The summed E-state index contributed by atoms with van der Waals surface area (Å²) in [4.78, 5) is 0. The fourth-order valence-electron chi connectivity index (χ4n) is 1.24. The van der Waals surface area contributed by atoms with Gasteiger partial charge in [0.1, 0.15) is 0 Å². The summed E-state index contributed by atoms with van der Waals surface area (Å²) >= 11 is 1.84. The van der Waals surface area contributed by atoms with Crippen LogP contribution in [0.5, 0.6) is 0 Å². The Hall–Kier alpha value is 0.270. The molecule has 3 heteroatoms. The summed E-state index contributed by atoms with van der Waals surface area (Å²) in [5, 5.41) is 9.81. The highest BCUT2D eigenvalue weighted by Gasteiger charge is 2.34. The fraction of sp³-hybridized carbons (Fsp3) is 1.00. The van der Waals surface area contributed by atoms with Crippen molar-refractivity contribution in [1.82, 2.24) is 0 Å². The molecule has 2 nitrogen and oxygen atoms in total. The predicted octanol–water partition coefficient (Wildman–Crippen LogP) is 0.592. The molecular formula is C7H15NOS. The molecular weight excluding hydrogens is 146 g/mol. The van der Waals surface area contributed by atoms with Gasteiger partial charge in [-0.25, -0.2) is 0 Å². The minimum atomic E-state index is -0.564. The van der Waals surface area contributed by atoms with Gasteiger partial charge in [-0.1, -0.05) is 6.92 Å². The highest BCUT2D eigenvalue weighted by Crippen LogP contribution is 2.28. The van der Waals surface area contributed by atoms with Crippen molar-refractivity contribution in [2.75, 3.05) is 11.5 Å². The largest absolute Gasteiger partial charge is 0.388 e. The first kappa shape index (κ1) is 8.37. The average Bonchev–Trinajstić information content (AvgIpc) is 1.96. The van der Waals surface area contributed by atoms with Gasteiger partial charge >= 0.3 is 0 Å². The van der Waals surface area contributed by atoms with Crippen LogP contribution in [0.2, 0.25) is 0 Å². The third kappa shape index (κ3) is 1.47. The second-order valence-corrected chi connectivity index (χ2v) is 4.04. The lowest BCUT2D eigenvalue weighted by molar-refractivity contribution is 0.0117. The van der Waals surface area contributed by atoms with Gasteiger partial charge in [0, 0.05) is 11.8 Å². The van der Waals surface area contributed by atoms with Crippen molar-refractivity contribution in [2.45, 2.75) is 31.4 Å². The maximum Gasteiger partial charge on any atom is 0.0811 e. The number of rotatable bonds is 1. The average molecular weight is 161 g/mol. The second-order valence-electron chi connectivity index (χ2n) is 2.89. The van der Waals surface area contributed by atoms with E-state index in [4.69, 9.17) is 5.73 Å². The number of hydrogen-bond donors (Lipinski definition) is 2. The molecule has 0 amide bonds. The lowest BCUT2D eigenvalue weighted by atomic mass is 9.90. The smallest absolute Gasteiger partial charge is 0.0811 e. The second kappa shape index (κ2) is 3.11. The van der Waals surface area contributed by atoms with E-state index in [2.05, 4.69) is 0 Å². The van der Waals surface area contributed by atoms with E-state index in [-0.39, 0.29) is 6.04 Å². The molecule has 2 unspecified atom stereocenters. The normalized spacial score (nSPS) is 41.7. The van der Waals surface area contributed by atoms with E-state index in [1.54, 1.807) is 0 Å².